The molecule has 1 N–H and O–H groups in total. The van der Waals surface area contributed by atoms with E-state index in [-0.39, 0.29) is 0 Å². The third kappa shape index (κ3) is 2.17. The fraction of sp³-hybridized carbons (Fsp3) is 0.500. The molecule has 15 heavy (non-hydrogen) atoms. The van der Waals surface area contributed by atoms with Crippen molar-refractivity contribution in [1.29, 1.82) is 5.41 Å². The molecule has 3 nitrogen and oxygen atoms in total. The molecule has 80 valence electrons. The third-order valence-electron chi connectivity index (χ3n) is 3.14. The summed E-state index contributed by atoms with van der Waals surface area (Å²) in [7, 11) is 0. The Labute approximate surface area is 89.7 Å². The second-order valence-electron chi connectivity index (χ2n) is 4.13. The first-order chi connectivity index (χ1) is 7.29. The van der Waals surface area contributed by atoms with Crippen LogP contribution in [0.15, 0.2) is 18.5 Å². The van der Waals surface area contributed by atoms with Crippen molar-refractivity contribution in [1.82, 2.24) is 4.98 Å². The van der Waals surface area contributed by atoms with E-state index in [1.165, 1.54) is 19.3 Å². The van der Waals surface area contributed by atoms with Crippen molar-refractivity contribution in [2.24, 2.45) is 0 Å². The Morgan fingerprint density at radius 2 is 2.07 bits per heavy atom. The molecule has 0 unspecified atom stereocenters. The Hall–Kier alpha value is -1.38. The first kappa shape index (κ1) is 10.1. The highest BCUT2D eigenvalue weighted by Crippen LogP contribution is 2.33. The van der Waals surface area contributed by atoms with E-state index in [9.17, 15) is 5.11 Å². The van der Waals surface area contributed by atoms with Crippen LogP contribution in [0.25, 0.3) is 0 Å². The first-order valence-corrected chi connectivity index (χ1v) is 5.49. The normalized spacial score (nSPS) is 17.6. The summed E-state index contributed by atoms with van der Waals surface area (Å²) in [6, 6.07) is 1.67. The maximum absolute atomic E-state index is 11.1. The van der Waals surface area contributed by atoms with Gasteiger partial charge in [0, 0.05) is 12.4 Å². The molecular weight excluding hydrogens is 188 g/mol. The van der Waals surface area contributed by atoms with Crippen molar-refractivity contribution < 1.29 is 5.11 Å². The maximum Gasteiger partial charge on any atom is 0.0309 e. The fourth-order valence-electron chi connectivity index (χ4n) is 2.35. The van der Waals surface area contributed by atoms with Gasteiger partial charge in [-0.3, -0.25) is 4.98 Å². The van der Waals surface area contributed by atoms with Crippen molar-refractivity contribution >= 4 is 5.90 Å². The highest BCUT2D eigenvalue weighted by atomic mass is 16.3. The molecule has 1 saturated carbocycles. The molecular formula is C12H15N2O-. The van der Waals surface area contributed by atoms with Crippen LogP contribution in [0.4, 0.5) is 0 Å². The molecule has 0 atom stereocenters. The summed E-state index contributed by atoms with van der Waals surface area (Å²) < 4.78 is 0. The standard InChI is InChI=1S/C12H16N2O/c13-12(15)10-6-7-14-8-11(10)9-4-2-1-3-5-9/h6-9H,1-5H2,(H2,13,15)/p-1. The van der Waals surface area contributed by atoms with Gasteiger partial charge in [0.05, 0.1) is 0 Å². The van der Waals surface area contributed by atoms with Gasteiger partial charge in [-0.25, -0.2) is 0 Å². The molecule has 0 saturated heterocycles. The molecule has 1 heterocycles. The Balaban J connectivity index is 2.29. The Bertz CT molecular complexity index is 356. The van der Waals surface area contributed by atoms with E-state index in [1.54, 1.807) is 18.5 Å². The Kier molecular flexibility index (Phi) is 2.99. The number of rotatable bonds is 2. The molecule has 1 aliphatic rings. The molecule has 0 bridgehead atoms. The largest absolute Gasteiger partial charge is 0.859 e. The van der Waals surface area contributed by atoms with E-state index in [2.05, 4.69) is 4.98 Å². The highest BCUT2D eigenvalue weighted by molar-refractivity contribution is 5.89. The van der Waals surface area contributed by atoms with Crippen LogP contribution in [0.3, 0.4) is 0 Å². The van der Waals surface area contributed by atoms with Crippen LogP contribution in [0.5, 0.6) is 0 Å². The van der Waals surface area contributed by atoms with Gasteiger partial charge in [0.1, 0.15) is 0 Å². The van der Waals surface area contributed by atoms with Crippen molar-refractivity contribution in [3.63, 3.8) is 0 Å². The average Bonchev–Trinajstić information content (AvgIpc) is 2.30. The lowest BCUT2D eigenvalue weighted by Gasteiger charge is -2.25. The molecule has 3 heteroatoms. The zero-order valence-corrected chi connectivity index (χ0v) is 8.70. The quantitative estimate of drug-likeness (QED) is 0.588. The smallest absolute Gasteiger partial charge is 0.0309 e. The van der Waals surface area contributed by atoms with Gasteiger partial charge in [0.2, 0.25) is 0 Å². The summed E-state index contributed by atoms with van der Waals surface area (Å²) in [5.74, 6) is -0.144. The summed E-state index contributed by atoms with van der Waals surface area (Å²) >= 11 is 0. The van der Waals surface area contributed by atoms with Crippen molar-refractivity contribution in [2.75, 3.05) is 0 Å². The maximum atomic E-state index is 11.1. The van der Waals surface area contributed by atoms with Crippen LogP contribution < -0.4 is 5.11 Å². The minimum Gasteiger partial charge on any atom is -0.859 e. The van der Waals surface area contributed by atoms with Crippen molar-refractivity contribution in [3.8, 4) is 0 Å². The van der Waals surface area contributed by atoms with Crippen LogP contribution in [-0.4, -0.2) is 10.9 Å². The lowest BCUT2D eigenvalue weighted by molar-refractivity contribution is -0.214. The molecule has 2 rings (SSSR count). The summed E-state index contributed by atoms with van der Waals surface area (Å²) in [4.78, 5) is 4.07. The van der Waals surface area contributed by atoms with E-state index in [0.29, 0.717) is 11.5 Å². The van der Waals surface area contributed by atoms with Crippen LogP contribution in [0, 0.1) is 5.41 Å². The molecule has 0 aromatic carbocycles. The molecule has 1 aromatic heterocycles. The van der Waals surface area contributed by atoms with E-state index in [4.69, 9.17) is 5.41 Å². The van der Waals surface area contributed by atoms with Gasteiger partial charge in [0.25, 0.3) is 0 Å². The zero-order valence-electron chi connectivity index (χ0n) is 8.70. The first-order valence-electron chi connectivity index (χ1n) is 5.49. The molecule has 0 aliphatic heterocycles. The molecule has 1 fully saturated rings. The lowest BCUT2D eigenvalue weighted by atomic mass is 9.83. The van der Waals surface area contributed by atoms with E-state index in [1.807, 2.05) is 0 Å². The van der Waals surface area contributed by atoms with Gasteiger partial charge >= 0.3 is 0 Å². The summed E-state index contributed by atoms with van der Waals surface area (Å²) in [5, 5.41) is 18.4. The van der Waals surface area contributed by atoms with Gasteiger partial charge in [-0.2, -0.15) is 0 Å². The summed E-state index contributed by atoms with van der Waals surface area (Å²) in [6.07, 6.45) is 9.36. The van der Waals surface area contributed by atoms with Gasteiger partial charge in [-0.15, -0.1) is 0 Å². The minimum absolute atomic E-state index is 0.441. The lowest BCUT2D eigenvalue weighted by Crippen LogP contribution is -2.20. The number of hydrogen-bond donors (Lipinski definition) is 1. The number of nitrogens with zero attached hydrogens (tertiary/aromatic N) is 1. The van der Waals surface area contributed by atoms with E-state index >= 15 is 0 Å². The van der Waals surface area contributed by atoms with Gasteiger partial charge < -0.3 is 10.5 Å². The Morgan fingerprint density at radius 3 is 2.73 bits per heavy atom. The third-order valence-corrected chi connectivity index (χ3v) is 3.14. The second kappa shape index (κ2) is 4.43. The number of pyridine rings is 1. The van der Waals surface area contributed by atoms with Gasteiger partial charge in [0.15, 0.2) is 0 Å². The molecule has 0 spiro atoms. The van der Waals surface area contributed by atoms with Crippen molar-refractivity contribution in [2.45, 2.75) is 38.0 Å². The molecule has 1 aromatic rings. The topological polar surface area (TPSA) is 59.8 Å². The fourth-order valence-corrected chi connectivity index (χ4v) is 2.35. The van der Waals surface area contributed by atoms with Gasteiger partial charge in [-0.05, 0) is 41.9 Å². The second-order valence-corrected chi connectivity index (χ2v) is 4.13. The number of aromatic nitrogens is 1. The number of nitrogens with one attached hydrogen (secondary N) is 1. The van der Waals surface area contributed by atoms with Gasteiger partial charge in [-0.1, -0.05) is 19.3 Å². The molecule has 1 aliphatic carbocycles. The van der Waals surface area contributed by atoms with Crippen LogP contribution in [0.1, 0.15) is 49.1 Å². The van der Waals surface area contributed by atoms with E-state index < -0.39 is 5.90 Å². The SMILES string of the molecule is N=C([O-])c1ccncc1C1CCCCC1. The predicted octanol–water partition coefficient (Wildman–Crippen LogP) is 1.81. The minimum atomic E-state index is -0.585. The van der Waals surface area contributed by atoms with Crippen LogP contribution in [0.2, 0.25) is 0 Å². The average molecular weight is 203 g/mol. The molecule has 0 radical (unpaired) electrons. The summed E-state index contributed by atoms with van der Waals surface area (Å²) in [6.45, 7) is 0. The monoisotopic (exact) mass is 203 g/mol. The zero-order chi connectivity index (χ0) is 10.7. The van der Waals surface area contributed by atoms with E-state index in [0.717, 1.165) is 18.4 Å². The van der Waals surface area contributed by atoms with Crippen LogP contribution >= 0.6 is 0 Å². The Morgan fingerprint density at radius 1 is 1.33 bits per heavy atom. The predicted molar refractivity (Wildman–Crippen MR) is 56.9 cm³/mol. The highest BCUT2D eigenvalue weighted by Gasteiger charge is 2.18. The number of hydrogen-bond acceptors (Lipinski definition) is 3. The summed E-state index contributed by atoms with van der Waals surface area (Å²) in [5.41, 5.74) is 1.52. The van der Waals surface area contributed by atoms with Crippen LogP contribution in [-0.2, 0) is 0 Å². The van der Waals surface area contributed by atoms with Crippen molar-refractivity contribution in [3.05, 3.63) is 29.6 Å². The molecule has 0 amide bonds.